The first-order valence-electron chi connectivity index (χ1n) is 10.1. The van der Waals surface area contributed by atoms with E-state index in [4.69, 9.17) is 4.52 Å². The van der Waals surface area contributed by atoms with Crippen LogP contribution in [0.2, 0.25) is 0 Å². The van der Waals surface area contributed by atoms with Crippen molar-refractivity contribution in [3.8, 4) is 11.4 Å². The average Bonchev–Trinajstić information content (AvgIpc) is 3.30. The number of anilines is 1. The lowest BCUT2D eigenvalue weighted by Gasteiger charge is -2.35. The van der Waals surface area contributed by atoms with Crippen LogP contribution >= 0.6 is 0 Å². The molecule has 0 fully saturated rings. The Bertz CT molecular complexity index is 1300. The van der Waals surface area contributed by atoms with Gasteiger partial charge < -0.3 is 9.84 Å². The number of rotatable bonds is 4. The van der Waals surface area contributed by atoms with E-state index in [-0.39, 0.29) is 11.9 Å². The van der Waals surface area contributed by atoms with Crippen LogP contribution in [0, 0.1) is 5.82 Å². The largest absolute Gasteiger partial charge is 0.334 e. The monoisotopic (exact) mass is 426 g/mol. The maximum absolute atomic E-state index is 14.0. The van der Waals surface area contributed by atoms with Gasteiger partial charge in [0.2, 0.25) is 5.82 Å². The molecular formula is C25H19FN4O2. The van der Waals surface area contributed by atoms with Crippen molar-refractivity contribution in [3.05, 3.63) is 108 Å². The van der Waals surface area contributed by atoms with Crippen molar-refractivity contribution in [1.29, 1.82) is 0 Å². The highest BCUT2D eigenvalue weighted by Gasteiger charge is 2.36. The molecule has 0 saturated carbocycles. The second kappa shape index (κ2) is 8.11. The van der Waals surface area contributed by atoms with E-state index >= 15 is 0 Å². The number of carbonyl (C=O) groups is 1. The SMILES string of the molecule is CC1=C(c2nc(-c3ccccc3)no2)C(c2cccc(F)c2)NC(=O)N1c1ccccc1. The van der Waals surface area contributed by atoms with Gasteiger partial charge in [-0.1, -0.05) is 65.8 Å². The fraction of sp³-hybridized carbons (Fsp3) is 0.0800. The summed E-state index contributed by atoms with van der Waals surface area (Å²) in [5, 5.41) is 7.10. The zero-order chi connectivity index (χ0) is 22.1. The van der Waals surface area contributed by atoms with Gasteiger partial charge in [0.1, 0.15) is 5.82 Å². The zero-order valence-electron chi connectivity index (χ0n) is 17.2. The van der Waals surface area contributed by atoms with Crippen molar-refractivity contribution in [3.63, 3.8) is 0 Å². The number of nitrogens with one attached hydrogen (secondary N) is 1. The van der Waals surface area contributed by atoms with E-state index in [0.717, 1.165) is 5.56 Å². The van der Waals surface area contributed by atoms with Crippen LogP contribution < -0.4 is 10.2 Å². The van der Waals surface area contributed by atoms with Gasteiger partial charge in [0, 0.05) is 11.3 Å². The Hall–Kier alpha value is -4.26. The van der Waals surface area contributed by atoms with Gasteiger partial charge in [-0.2, -0.15) is 4.98 Å². The van der Waals surface area contributed by atoms with Crippen LogP contribution in [-0.2, 0) is 0 Å². The summed E-state index contributed by atoms with van der Waals surface area (Å²) in [7, 11) is 0. The molecule has 0 saturated heterocycles. The van der Waals surface area contributed by atoms with Crippen molar-refractivity contribution in [2.75, 3.05) is 4.90 Å². The highest BCUT2D eigenvalue weighted by molar-refractivity contribution is 6.01. The number of urea groups is 1. The summed E-state index contributed by atoms with van der Waals surface area (Å²) in [6.07, 6.45) is 0. The standard InChI is InChI=1S/C25H19FN4O2/c1-16-21(24-28-23(29-32-24)17-9-4-2-5-10-17)22(18-11-8-12-19(26)15-18)27-25(31)30(16)20-13-6-3-7-14-20/h2-15,22H,1H3,(H,27,31). The Morgan fingerprint density at radius 2 is 1.69 bits per heavy atom. The van der Waals surface area contributed by atoms with Crippen LogP contribution in [0.3, 0.4) is 0 Å². The summed E-state index contributed by atoms with van der Waals surface area (Å²) in [6, 6.07) is 23.9. The molecule has 0 bridgehead atoms. The first-order chi connectivity index (χ1) is 15.6. The normalized spacial score (nSPS) is 16.2. The van der Waals surface area contributed by atoms with Gasteiger partial charge in [0.15, 0.2) is 0 Å². The molecule has 2 amide bonds. The van der Waals surface area contributed by atoms with E-state index in [1.165, 1.54) is 12.1 Å². The number of allylic oxidation sites excluding steroid dienone is 1. The van der Waals surface area contributed by atoms with E-state index in [1.807, 2.05) is 67.6 Å². The van der Waals surface area contributed by atoms with E-state index in [1.54, 1.807) is 17.0 Å². The second-order valence-electron chi connectivity index (χ2n) is 7.40. The minimum Gasteiger partial charge on any atom is -0.334 e. The first-order valence-corrected chi connectivity index (χ1v) is 10.1. The van der Waals surface area contributed by atoms with Crippen LogP contribution in [0.4, 0.5) is 14.9 Å². The minimum atomic E-state index is -0.651. The number of halogens is 1. The maximum atomic E-state index is 14.0. The molecule has 1 unspecified atom stereocenters. The number of carbonyl (C=O) groups excluding carboxylic acids is 1. The third-order valence-electron chi connectivity index (χ3n) is 5.37. The highest BCUT2D eigenvalue weighted by atomic mass is 19.1. The van der Waals surface area contributed by atoms with Gasteiger partial charge in [0.05, 0.1) is 17.3 Å². The van der Waals surface area contributed by atoms with Gasteiger partial charge in [0.25, 0.3) is 5.89 Å². The molecule has 3 aromatic carbocycles. The quantitative estimate of drug-likeness (QED) is 0.463. The summed E-state index contributed by atoms with van der Waals surface area (Å²) >= 11 is 0. The molecule has 158 valence electrons. The molecule has 1 aliphatic rings. The summed E-state index contributed by atoms with van der Waals surface area (Å²) in [5.41, 5.74) is 3.31. The number of amides is 2. The fourth-order valence-corrected chi connectivity index (χ4v) is 3.88. The molecule has 2 heterocycles. The molecule has 1 aromatic heterocycles. The Kier molecular flexibility index (Phi) is 4.99. The van der Waals surface area contributed by atoms with Crippen molar-refractivity contribution >= 4 is 17.3 Å². The predicted octanol–water partition coefficient (Wildman–Crippen LogP) is 5.58. The maximum Gasteiger partial charge on any atom is 0.326 e. The molecule has 1 atom stereocenters. The van der Waals surface area contributed by atoms with E-state index < -0.39 is 11.9 Å². The Morgan fingerprint density at radius 3 is 2.41 bits per heavy atom. The Labute approximate surface area is 184 Å². The molecular weight excluding hydrogens is 407 g/mol. The molecule has 1 aliphatic heterocycles. The van der Waals surface area contributed by atoms with Crippen molar-refractivity contribution in [1.82, 2.24) is 15.5 Å². The van der Waals surface area contributed by atoms with Gasteiger partial charge in [-0.05, 0) is 36.8 Å². The van der Waals surface area contributed by atoms with Crippen LogP contribution in [0.5, 0.6) is 0 Å². The minimum absolute atomic E-state index is 0.261. The van der Waals surface area contributed by atoms with E-state index in [0.29, 0.717) is 28.3 Å². The fourth-order valence-electron chi connectivity index (χ4n) is 3.88. The van der Waals surface area contributed by atoms with Gasteiger partial charge >= 0.3 is 6.03 Å². The predicted molar refractivity (Wildman–Crippen MR) is 119 cm³/mol. The molecule has 4 aromatic rings. The smallest absolute Gasteiger partial charge is 0.326 e. The Morgan fingerprint density at radius 1 is 0.969 bits per heavy atom. The van der Waals surface area contributed by atoms with Crippen molar-refractivity contribution in [2.24, 2.45) is 0 Å². The van der Waals surface area contributed by atoms with E-state index in [2.05, 4.69) is 15.5 Å². The molecule has 0 radical (unpaired) electrons. The van der Waals surface area contributed by atoms with Gasteiger partial charge in [-0.15, -0.1) is 0 Å². The summed E-state index contributed by atoms with van der Waals surface area (Å²) in [4.78, 5) is 19.2. The molecule has 5 rings (SSSR count). The van der Waals surface area contributed by atoms with Gasteiger partial charge in [-0.3, -0.25) is 4.90 Å². The average molecular weight is 426 g/mol. The number of hydrogen-bond acceptors (Lipinski definition) is 4. The van der Waals surface area contributed by atoms with Crippen LogP contribution in [0.1, 0.15) is 24.4 Å². The Balaban J connectivity index is 1.67. The zero-order valence-corrected chi connectivity index (χ0v) is 17.2. The molecule has 6 nitrogen and oxygen atoms in total. The lowest BCUT2D eigenvalue weighted by atomic mass is 9.94. The van der Waals surface area contributed by atoms with E-state index in [9.17, 15) is 9.18 Å². The lowest BCUT2D eigenvalue weighted by Crippen LogP contribution is -2.46. The molecule has 0 spiro atoms. The van der Waals surface area contributed by atoms with Gasteiger partial charge in [-0.25, -0.2) is 9.18 Å². The number of hydrogen-bond donors (Lipinski definition) is 1. The second-order valence-corrected chi connectivity index (χ2v) is 7.40. The van der Waals surface area contributed by atoms with Crippen LogP contribution in [0.15, 0.2) is 95.1 Å². The topological polar surface area (TPSA) is 71.3 Å². The molecule has 32 heavy (non-hydrogen) atoms. The molecule has 0 aliphatic carbocycles. The van der Waals surface area contributed by atoms with Crippen molar-refractivity contribution in [2.45, 2.75) is 13.0 Å². The number of para-hydroxylation sites is 1. The number of aromatic nitrogens is 2. The third kappa shape index (κ3) is 3.54. The first kappa shape index (κ1) is 19.7. The van der Waals surface area contributed by atoms with Crippen LogP contribution in [-0.4, -0.2) is 16.2 Å². The number of benzene rings is 3. The van der Waals surface area contributed by atoms with Crippen LogP contribution in [0.25, 0.3) is 17.0 Å². The third-order valence-corrected chi connectivity index (χ3v) is 5.37. The number of nitrogens with zero attached hydrogens (tertiary/aromatic N) is 3. The molecule has 7 heteroatoms. The highest BCUT2D eigenvalue weighted by Crippen LogP contribution is 2.39. The summed E-state index contributed by atoms with van der Waals surface area (Å²) in [5.74, 6) is 0.299. The summed E-state index contributed by atoms with van der Waals surface area (Å²) < 4.78 is 19.7. The lowest BCUT2D eigenvalue weighted by molar-refractivity contribution is 0.244. The summed E-state index contributed by atoms with van der Waals surface area (Å²) in [6.45, 7) is 1.82. The van der Waals surface area contributed by atoms with Crippen molar-refractivity contribution < 1.29 is 13.7 Å². The molecule has 1 N–H and O–H groups in total.